The third-order valence-corrected chi connectivity index (χ3v) is 4.13. The molecule has 22 heavy (non-hydrogen) atoms. The van der Waals surface area contributed by atoms with E-state index in [9.17, 15) is 9.59 Å². The molecule has 1 heterocycles. The van der Waals surface area contributed by atoms with Crippen LogP contribution in [0.1, 0.15) is 25.3 Å². The van der Waals surface area contributed by atoms with Crippen molar-refractivity contribution < 1.29 is 14.3 Å². The van der Waals surface area contributed by atoms with Crippen LogP contribution >= 0.6 is 12.4 Å². The molecular formula is C16H23ClN2O3. The lowest BCUT2D eigenvalue weighted by molar-refractivity contribution is -0.149. The van der Waals surface area contributed by atoms with Gasteiger partial charge in [-0.1, -0.05) is 30.3 Å². The van der Waals surface area contributed by atoms with Crippen molar-refractivity contribution in [2.75, 3.05) is 20.2 Å². The van der Waals surface area contributed by atoms with E-state index in [-0.39, 0.29) is 30.2 Å². The Bertz CT molecular complexity index is 511. The van der Waals surface area contributed by atoms with Crippen LogP contribution in [0, 0.1) is 5.92 Å². The van der Waals surface area contributed by atoms with Crippen LogP contribution in [0.2, 0.25) is 0 Å². The van der Waals surface area contributed by atoms with Gasteiger partial charge in [-0.15, -0.1) is 12.4 Å². The Morgan fingerprint density at radius 2 is 1.77 bits per heavy atom. The summed E-state index contributed by atoms with van der Waals surface area (Å²) >= 11 is 0. The highest BCUT2D eigenvalue weighted by atomic mass is 35.5. The molecule has 0 aromatic heterocycles. The largest absolute Gasteiger partial charge is 0.469 e. The molecular weight excluding hydrogens is 304 g/mol. The molecule has 6 heteroatoms. The third-order valence-electron chi connectivity index (χ3n) is 4.13. The summed E-state index contributed by atoms with van der Waals surface area (Å²) in [5.41, 5.74) is 6.00. The van der Waals surface area contributed by atoms with E-state index in [1.54, 1.807) is 11.8 Å². The van der Waals surface area contributed by atoms with Crippen LogP contribution in [-0.4, -0.2) is 37.0 Å². The number of nitrogens with two attached hydrogens (primary N) is 1. The SMILES string of the molecule is COC(=O)C1CCN(C(=O)C(C)(N)c2ccccc2)CC1.Cl. The van der Waals surface area contributed by atoms with E-state index in [0.717, 1.165) is 5.56 Å². The Morgan fingerprint density at radius 1 is 1.23 bits per heavy atom. The Balaban J connectivity index is 0.00000242. The Hall–Kier alpha value is -1.59. The lowest BCUT2D eigenvalue weighted by Crippen LogP contribution is -2.53. The second kappa shape index (κ2) is 7.61. The molecule has 2 N–H and O–H groups in total. The lowest BCUT2D eigenvalue weighted by Gasteiger charge is -2.36. The summed E-state index contributed by atoms with van der Waals surface area (Å²) in [6, 6.07) is 9.36. The van der Waals surface area contributed by atoms with Crippen LogP contribution in [-0.2, 0) is 19.9 Å². The van der Waals surface area contributed by atoms with E-state index in [1.807, 2.05) is 30.3 Å². The molecule has 2 rings (SSSR count). The number of hydrogen-bond donors (Lipinski definition) is 1. The first-order chi connectivity index (χ1) is 9.96. The van der Waals surface area contributed by atoms with Crippen molar-refractivity contribution in [3.63, 3.8) is 0 Å². The number of piperidine rings is 1. The highest BCUT2D eigenvalue weighted by Gasteiger charge is 2.37. The van der Waals surface area contributed by atoms with Crippen LogP contribution in [0.3, 0.4) is 0 Å². The molecule has 1 aliphatic rings. The van der Waals surface area contributed by atoms with Crippen LogP contribution in [0.4, 0.5) is 0 Å². The Labute approximate surface area is 137 Å². The number of carbonyl (C=O) groups excluding carboxylic acids is 2. The molecule has 1 unspecified atom stereocenters. The number of halogens is 1. The number of nitrogens with zero attached hydrogens (tertiary/aromatic N) is 1. The van der Waals surface area contributed by atoms with Crippen LogP contribution in [0.5, 0.6) is 0 Å². The minimum atomic E-state index is -1.04. The van der Waals surface area contributed by atoms with Crippen molar-refractivity contribution in [2.24, 2.45) is 11.7 Å². The summed E-state index contributed by atoms with van der Waals surface area (Å²) < 4.78 is 4.75. The van der Waals surface area contributed by atoms with Gasteiger partial charge in [-0.2, -0.15) is 0 Å². The predicted octanol–water partition coefficient (Wildman–Crippen LogP) is 1.69. The fraction of sp³-hybridized carbons (Fsp3) is 0.500. The van der Waals surface area contributed by atoms with Gasteiger partial charge in [0, 0.05) is 13.1 Å². The van der Waals surface area contributed by atoms with Gasteiger partial charge < -0.3 is 15.4 Å². The molecule has 5 nitrogen and oxygen atoms in total. The number of methoxy groups -OCH3 is 1. The minimum absolute atomic E-state index is 0. The van der Waals surface area contributed by atoms with E-state index in [2.05, 4.69) is 0 Å². The Morgan fingerprint density at radius 3 is 2.27 bits per heavy atom. The molecule has 0 radical (unpaired) electrons. The first-order valence-corrected chi connectivity index (χ1v) is 7.18. The first kappa shape index (κ1) is 18.5. The zero-order valence-electron chi connectivity index (χ0n) is 13.0. The normalized spacial score (nSPS) is 18.0. The number of benzene rings is 1. The van der Waals surface area contributed by atoms with Gasteiger partial charge in [-0.25, -0.2) is 0 Å². The molecule has 1 fully saturated rings. The van der Waals surface area contributed by atoms with E-state index >= 15 is 0 Å². The fourth-order valence-corrected chi connectivity index (χ4v) is 2.72. The molecule has 1 amide bonds. The molecule has 0 spiro atoms. The monoisotopic (exact) mass is 326 g/mol. The number of rotatable bonds is 3. The highest BCUT2D eigenvalue weighted by molar-refractivity contribution is 5.87. The average molecular weight is 327 g/mol. The van der Waals surface area contributed by atoms with Crippen molar-refractivity contribution in [2.45, 2.75) is 25.3 Å². The second-order valence-corrected chi connectivity index (χ2v) is 5.66. The third kappa shape index (κ3) is 3.78. The van der Waals surface area contributed by atoms with E-state index in [0.29, 0.717) is 25.9 Å². The zero-order chi connectivity index (χ0) is 15.5. The molecule has 1 aromatic rings. The van der Waals surface area contributed by atoms with E-state index in [4.69, 9.17) is 10.5 Å². The summed E-state index contributed by atoms with van der Waals surface area (Å²) in [6.07, 6.45) is 1.26. The van der Waals surface area contributed by atoms with Crippen LogP contribution in [0.15, 0.2) is 30.3 Å². The maximum atomic E-state index is 12.7. The number of amides is 1. The van der Waals surface area contributed by atoms with Gasteiger partial charge in [-0.05, 0) is 25.3 Å². The smallest absolute Gasteiger partial charge is 0.308 e. The topological polar surface area (TPSA) is 72.6 Å². The average Bonchev–Trinajstić information content (AvgIpc) is 2.54. The number of hydrogen-bond acceptors (Lipinski definition) is 4. The zero-order valence-corrected chi connectivity index (χ0v) is 13.8. The maximum absolute atomic E-state index is 12.7. The molecule has 1 aromatic carbocycles. The predicted molar refractivity (Wildman–Crippen MR) is 86.5 cm³/mol. The summed E-state index contributed by atoms with van der Waals surface area (Å²) in [5.74, 6) is -0.405. The molecule has 0 saturated carbocycles. The molecule has 122 valence electrons. The number of esters is 1. The van der Waals surface area contributed by atoms with Crippen molar-refractivity contribution in [3.05, 3.63) is 35.9 Å². The van der Waals surface area contributed by atoms with Gasteiger partial charge >= 0.3 is 5.97 Å². The first-order valence-electron chi connectivity index (χ1n) is 7.18. The molecule has 1 aliphatic heterocycles. The Kier molecular flexibility index (Phi) is 6.38. The van der Waals surface area contributed by atoms with Gasteiger partial charge in [0.25, 0.3) is 0 Å². The quantitative estimate of drug-likeness (QED) is 0.858. The highest BCUT2D eigenvalue weighted by Crippen LogP contribution is 2.25. The second-order valence-electron chi connectivity index (χ2n) is 5.66. The number of ether oxygens (including phenoxy) is 1. The fourth-order valence-electron chi connectivity index (χ4n) is 2.72. The molecule has 1 saturated heterocycles. The van der Waals surface area contributed by atoms with Crippen molar-refractivity contribution >= 4 is 24.3 Å². The van der Waals surface area contributed by atoms with Gasteiger partial charge in [-0.3, -0.25) is 9.59 Å². The lowest BCUT2D eigenvalue weighted by atomic mass is 9.89. The van der Waals surface area contributed by atoms with Gasteiger partial charge in [0.15, 0.2) is 0 Å². The van der Waals surface area contributed by atoms with Crippen molar-refractivity contribution in [3.8, 4) is 0 Å². The van der Waals surface area contributed by atoms with Crippen LogP contribution < -0.4 is 5.73 Å². The molecule has 0 bridgehead atoms. The molecule has 0 aliphatic carbocycles. The summed E-state index contributed by atoms with van der Waals surface area (Å²) in [4.78, 5) is 25.9. The maximum Gasteiger partial charge on any atom is 0.308 e. The van der Waals surface area contributed by atoms with E-state index in [1.165, 1.54) is 7.11 Å². The van der Waals surface area contributed by atoms with Gasteiger partial charge in [0.2, 0.25) is 5.91 Å². The standard InChI is InChI=1S/C16H22N2O3.ClH/c1-16(17,13-6-4-3-5-7-13)15(20)18-10-8-12(9-11-18)14(19)21-2;/h3-7,12H,8-11,17H2,1-2H3;1H. The summed E-state index contributed by atoms with van der Waals surface area (Å²) in [6.45, 7) is 2.81. The van der Waals surface area contributed by atoms with Crippen LogP contribution in [0.25, 0.3) is 0 Å². The number of carbonyl (C=O) groups is 2. The molecule has 1 atom stereocenters. The summed E-state index contributed by atoms with van der Waals surface area (Å²) in [7, 11) is 1.40. The van der Waals surface area contributed by atoms with Gasteiger partial charge in [0.1, 0.15) is 5.54 Å². The number of likely N-dealkylation sites (tertiary alicyclic amines) is 1. The minimum Gasteiger partial charge on any atom is -0.469 e. The van der Waals surface area contributed by atoms with E-state index < -0.39 is 5.54 Å². The van der Waals surface area contributed by atoms with Crippen molar-refractivity contribution in [1.29, 1.82) is 0 Å². The van der Waals surface area contributed by atoms with Gasteiger partial charge in [0.05, 0.1) is 13.0 Å². The summed E-state index contributed by atoms with van der Waals surface area (Å²) in [5, 5.41) is 0. The van der Waals surface area contributed by atoms with Crippen molar-refractivity contribution in [1.82, 2.24) is 4.90 Å².